The molecule has 0 aromatic carbocycles. The number of hydrogen-bond acceptors (Lipinski definition) is 4. The van der Waals surface area contributed by atoms with Gasteiger partial charge < -0.3 is 5.32 Å². The van der Waals surface area contributed by atoms with Gasteiger partial charge in [-0.25, -0.2) is 5.43 Å². The minimum absolute atomic E-state index is 0.455. The summed E-state index contributed by atoms with van der Waals surface area (Å²) in [5, 5.41) is 6.21. The lowest BCUT2D eigenvalue weighted by Gasteiger charge is -2.19. The summed E-state index contributed by atoms with van der Waals surface area (Å²) >= 11 is 0. The molecular weight excluding hydrogens is 232 g/mol. The predicted octanol–water partition coefficient (Wildman–Crippen LogP) is 0.446. The van der Waals surface area contributed by atoms with Gasteiger partial charge in [0.15, 0.2) is 0 Å². The highest BCUT2D eigenvalue weighted by Gasteiger charge is 2.19. The van der Waals surface area contributed by atoms with E-state index in [-0.39, 0.29) is 0 Å². The van der Waals surface area contributed by atoms with E-state index in [4.69, 9.17) is 0 Å². The maximum atomic E-state index is 11.4. The van der Waals surface area contributed by atoms with Crippen LogP contribution in [0.3, 0.4) is 0 Å². The number of hydrazone groups is 1. The van der Waals surface area contributed by atoms with E-state index in [1.54, 1.807) is 45.3 Å². The zero-order valence-electron chi connectivity index (χ0n) is 10.6. The van der Waals surface area contributed by atoms with E-state index < -0.39 is 17.4 Å². The van der Waals surface area contributed by atoms with Crippen LogP contribution in [0.25, 0.3) is 0 Å². The number of carbonyl (C=O) groups is 2. The summed E-state index contributed by atoms with van der Waals surface area (Å²) in [5.41, 5.74) is 2.48. The van der Waals surface area contributed by atoms with Crippen LogP contribution in [0.4, 0.5) is 0 Å². The highest BCUT2D eigenvalue weighted by molar-refractivity contribution is 6.35. The number of hydrogen-bond donors (Lipinski definition) is 2. The van der Waals surface area contributed by atoms with Crippen molar-refractivity contribution in [3.8, 4) is 0 Å². The van der Waals surface area contributed by atoms with Crippen LogP contribution in [-0.2, 0) is 9.59 Å². The molecule has 2 N–H and O–H groups in total. The van der Waals surface area contributed by atoms with Gasteiger partial charge in [0.1, 0.15) is 0 Å². The second-order valence-corrected chi connectivity index (χ2v) is 4.68. The van der Waals surface area contributed by atoms with Crippen LogP contribution in [0.2, 0.25) is 0 Å². The van der Waals surface area contributed by atoms with Crippen molar-refractivity contribution in [2.75, 3.05) is 0 Å². The number of pyridine rings is 1. The van der Waals surface area contributed by atoms with Gasteiger partial charge in [0.2, 0.25) is 0 Å². The maximum Gasteiger partial charge on any atom is 0.329 e. The Morgan fingerprint density at radius 1 is 1.22 bits per heavy atom. The molecule has 1 aromatic heterocycles. The van der Waals surface area contributed by atoms with Crippen LogP contribution in [0.5, 0.6) is 0 Å². The zero-order chi connectivity index (χ0) is 13.6. The number of carbonyl (C=O) groups excluding carboxylic acids is 2. The van der Waals surface area contributed by atoms with Crippen LogP contribution in [0.15, 0.2) is 29.6 Å². The van der Waals surface area contributed by atoms with Crippen LogP contribution in [-0.4, -0.2) is 28.6 Å². The monoisotopic (exact) mass is 248 g/mol. The minimum atomic E-state index is -0.796. The van der Waals surface area contributed by atoms with E-state index in [0.29, 0.717) is 0 Å². The molecule has 0 aliphatic carbocycles. The van der Waals surface area contributed by atoms with Gasteiger partial charge in [-0.2, -0.15) is 5.10 Å². The fourth-order valence-electron chi connectivity index (χ4n) is 1.06. The van der Waals surface area contributed by atoms with Crippen LogP contribution in [0.1, 0.15) is 26.3 Å². The molecule has 0 bridgehead atoms. The molecule has 1 heterocycles. The molecule has 0 atom stereocenters. The Bertz CT molecular complexity index is 449. The van der Waals surface area contributed by atoms with Gasteiger partial charge in [-0.1, -0.05) is 0 Å². The number of rotatable bonds is 2. The first-order valence-electron chi connectivity index (χ1n) is 5.44. The molecule has 1 aromatic rings. The lowest BCUT2D eigenvalue weighted by molar-refractivity contribution is -0.140. The third kappa shape index (κ3) is 5.20. The first kappa shape index (κ1) is 13.8. The minimum Gasteiger partial charge on any atom is -0.343 e. The smallest absolute Gasteiger partial charge is 0.329 e. The molecule has 96 valence electrons. The van der Waals surface area contributed by atoms with E-state index in [1.807, 2.05) is 0 Å². The first-order chi connectivity index (χ1) is 8.38. The number of aromatic nitrogens is 1. The van der Waals surface area contributed by atoms with Crippen molar-refractivity contribution in [2.24, 2.45) is 5.10 Å². The normalized spacial score (nSPS) is 11.3. The van der Waals surface area contributed by atoms with Gasteiger partial charge in [-0.05, 0) is 38.5 Å². The number of nitrogens with zero attached hydrogens (tertiary/aromatic N) is 2. The summed E-state index contributed by atoms with van der Waals surface area (Å²) in [7, 11) is 0. The molecule has 0 aliphatic rings. The highest BCUT2D eigenvalue weighted by atomic mass is 16.2. The summed E-state index contributed by atoms with van der Waals surface area (Å²) in [6.07, 6.45) is 4.65. The third-order valence-corrected chi connectivity index (χ3v) is 1.78. The molecule has 0 saturated carbocycles. The van der Waals surface area contributed by atoms with E-state index >= 15 is 0 Å². The van der Waals surface area contributed by atoms with Gasteiger partial charge in [0, 0.05) is 17.9 Å². The average molecular weight is 248 g/mol. The fourth-order valence-corrected chi connectivity index (χ4v) is 1.06. The molecule has 0 saturated heterocycles. The molecule has 6 heteroatoms. The molecule has 0 aliphatic heterocycles. The molecule has 6 nitrogen and oxygen atoms in total. The predicted molar refractivity (Wildman–Crippen MR) is 67.9 cm³/mol. The Labute approximate surface area is 105 Å². The van der Waals surface area contributed by atoms with Crippen LogP contribution >= 0.6 is 0 Å². The lowest BCUT2D eigenvalue weighted by atomic mass is 10.1. The van der Waals surface area contributed by atoms with E-state index in [0.717, 1.165) is 5.56 Å². The molecule has 0 spiro atoms. The average Bonchev–Trinajstić information content (AvgIpc) is 2.28. The van der Waals surface area contributed by atoms with Crippen molar-refractivity contribution in [2.45, 2.75) is 26.3 Å². The second-order valence-electron chi connectivity index (χ2n) is 4.68. The first-order valence-corrected chi connectivity index (χ1v) is 5.44. The molecule has 1 rings (SSSR count). The van der Waals surface area contributed by atoms with E-state index in [1.165, 1.54) is 6.21 Å². The van der Waals surface area contributed by atoms with Crippen molar-refractivity contribution in [3.05, 3.63) is 30.1 Å². The van der Waals surface area contributed by atoms with Crippen LogP contribution in [0, 0.1) is 0 Å². The van der Waals surface area contributed by atoms with Gasteiger partial charge in [0.05, 0.1) is 6.21 Å². The van der Waals surface area contributed by atoms with Crippen molar-refractivity contribution in [1.29, 1.82) is 0 Å². The Hall–Kier alpha value is -2.24. The van der Waals surface area contributed by atoms with Crippen molar-refractivity contribution in [3.63, 3.8) is 0 Å². The van der Waals surface area contributed by atoms with E-state index in [2.05, 4.69) is 20.8 Å². The lowest BCUT2D eigenvalue weighted by Crippen LogP contribution is -2.47. The summed E-state index contributed by atoms with van der Waals surface area (Å²) in [5.74, 6) is -1.51. The largest absolute Gasteiger partial charge is 0.343 e. The Morgan fingerprint density at radius 3 is 2.39 bits per heavy atom. The van der Waals surface area contributed by atoms with E-state index in [9.17, 15) is 9.59 Å². The number of nitrogens with one attached hydrogen (secondary N) is 2. The Morgan fingerprint density at radius 2 is 1.83 bits per heavy atom. The summed E-state index contributed by atoms with van der Waals surface area (Å²) < 4.78 is 0. The molecule has 0 radical (unpaired) electrons. The topological polar surface area (TPSA) is 83.5 Å². The number of amides is 2. The van der Waals surface area contributed by atoms with Crippen LogP contribution < -0.4 is 10.7 Å². The fraction of sp³-hybridized carbons (Fsp3) is 0.333. The third-order valence-electron chi connectivity index (χ3n) is 1.78. The van der Waals surface area contributed by atoms with Gasteiger partial charge in [-0.15, -0.1) is 0 Å². The Kier molecular flexibility index (Phi) is 4.53. The zero-order valence-corrected chi connectivity index (χ0v) is 10.6. The molecule has 0 fully saturated rings. The molecule has 18 heavy (non-hydrogen) atoms. The summed E-state index contributed by atoms with van der Waals surface area (Å²) in [4.78, 5) is 26.6. The van der Waals surface area contributed by atoms with Gasteiger partial charge in [-0.3, -0.25) is 14.6 Å². The molecule has 2 amide bonds. The second kappa shape index (κ2) is 5.90. The van der Waals surface area contributed by atoms with Gasteiger partial charge >= 0.3 is 11.8 Å². The summed E-state index contributed by atoms with van der Waals surface area (Å²) in [6.45, 7) is 5.37. The molecular formula is C12H16N4O2. The quantitative estimate of drug-likeness (QED) is 0.452. The highest BCUT2D eigenvalue weighted by Crippen LogP contribution is 1.97. The summed E-state index contributed by atoms with van der Waals surface area (Å²) in [6, 6.07) is 3.45. The standard InChI is InChI=1S/C12H16N4O2/c1-12(2,3)15-10(17)11(18)16-14-8-9-4-6-13-7-5-9/h4-8H,1-3H3,(H,15,17)(H,16,18)/b14-8-. The van der Waals surface area contributed by atoms with Gasteiger partial charge in [0.25, 0.3) is 0 Å². The van der Waals surface area contributed by atoms with Crippen molar-refractivity contribution >= 4 is 18.0 Å². The van der Waals surface area contributed by atoms with Crippen molar-refractivity contribution < 1.29 is 9.59 Å². The Balaban J connectivity index is 2.47. The maximum absolute atomic E-state index is 11.4. The van der Waals surface area contributed by atoms with Crippen molar-refractivity contribution in [1.82, 2.24) is 15.7 Å². The molecule has 0 unspecified atom stereocenters. The SMILES string of the molecule is CC(C)(C)NC(=O)C(=O)N/N=C\c1ccncc1.